The van der Waals surface area contributed by atoms with Gasteiger partial charge in [0.15, 0.2) is 0 Å². The van der Waals surface area contributed by atoms with Crippen LogP contribution in [0.1, 0.15) is 33.1 Å². The van der Waals surface area contributed by atoms with Crippen molar-refractivity contribution < 1.29 is 9.84 Å². The summed E-state index contributed by atoms with van der Waals surface area (Å²) < 4.78 is 5.16. The molecule has 0 aliphatic heterocycles. The third-order valence-corrected chi connectivity index (χ3v) is 3.21. The van der Waals surface area contributed by atoms with Crippen molar-refractivity contribution in [1.82, 2.24) is 4.90 Å². The van der Waals surface area contributed by atoms with E-state index in [4.69, 9.17) is 4.74 Å². The zero-order chi connectivity index (χ0) is 10.6. The number of hydrogen-bond donors (Lipinski definition) is 1. The molecule has 14 heavy (non-hydrogen) atoms. The second-order valence-corrected chi connectivity index (χ2v) is 4.20. The highest BCUT2D eigenvalue weighted by Gasteiger charge is 2.32. The lowest BCUT2D eigenvalue weighted by molar-refractivity contribution is 0.0233. The number of rotatable bonds is 5. The van der Waals surface area contributed by atoms with Crippen LogP contribution in [0.3, 0.4) is 0 Å². The minimum atomic E-state index is -0.130. The predicted octanol–water partition coefficient (Wildman–Crippen LogP) is 1.26. The minimum absolute atomic E-state index is 0.130. The quantitative estimate of drug-likeness (QED) is 0.727. The van der Waals surface area contributed by atoms with Crippen LogP contribution in [0, 0.1) is 0 Å². The summed E-state index contributed by atoms with van der Waals surface area (Å²) in [4.78, 5) is 2.36. The summed E-state index contributed by atoms with van der Waals surface area (Å²) in [6, 6.07) is 0.757. The molecule has 3 atom stereocenters. The first-order chi connectivity index (χ1) is 6.70. The topological polar surface area (TPSA) is 32.7 Å². The van der Waals surface area contributed by atoms with E-state index < -0.39 is 0 Å². The maximum absolute atomic E-state index is 9.83. The van der Waals surface area contributed by atoms with Crippen molar-refractivity contribution in [2.75, 3.05) is 20.3 Å². The van der Waals surface area contributed by atoms with Gasteiger partial charge in [-0.1, -0.05) is 6.92 Å². The van der Waals surface area contributed by atoms with Crippen molar-refractivity contribution in [2.24, 2.45) is 0 Å². The molecule has 0 heterocycles. The van der Waals surface area contributed by atoms with Gasteiger partial charge in [0.2, 0.25) is 0 Å². The molecule has 3 unspecified atom stereocenters. The Morgan fingerprint density at radius 1 is 1.50 bits per heavy atom. The molecule has 0 radical (unpaired) electrons. The summed E-state index contributed by atoms with van der Waals surface area (Å²) in [5.41, 5.74) is 0. The van der Waals surface area contributed by atoms with Gasteiger partial charge in [-0.05, 0) is 32.7 Å². The fourth-order valence-electron chi connectivity index (χ4n) is 2.52. The molecule has 1 fully saturated rings. The molecule has 1 saturated carbocycles. The van der Waals surface area contributed by atoms with E-state index in [9.17, 15) is 5.11 Å². The second-order valence-electron chi connectivity index (χ2n) is 4.20. The summed E-state index contributed by atoms with van der Waals surface area (Å²) in [7, 11) is 1.73. The summed E-state index contributed by atoms with van der Waals surface area (Å²) in [5.74, 6) is 0. The smallest absolute Gasteiger partial charge is 0.0695 e. The lowest BCUT2D eigenvalue weighted by Gasteiger charge is -2.34. The van der Waals surface area contributed by atoms with E-state index in [0.29, 0.717) is 12.1 Å². The number of hydrogen-bond acceptors (Lipinski definition) is 3. The molecule has 1 N–H and O–H groups in total. The molecular weight excluding hydrogens is 178 g/mol. The molecule has 3 nitrogen and oxygen atoms in total. The summed E-state index contributed by atoms with van der Waals surface area (Å²) in [6.07, 6.45) is 3.11. The Morgan fingerprint density at radius 2 is 2.21 bits per heavy atom. The van der Waals surface area contributed by atoms with Crippen LogP contribution < -0.4 is 0 Å². The molecule has 0 saturated heterocycles. The van der Waals surface area contributed by atoms with Crippen molar-refractivity contribution >= 4 is 0 Å². The molecule has 0 aromatic heterocycles. The van der Waals surface area contributed by atoms with E-state index in [1.165, 1.54) is 0 Å². The molecule has 0 aromatic carbocycles. The van der Waals surface area contributed by atoms with Gasteiger partial charge in [-0.15, -0.1) is 0 Å². The Bertz CT molecular complexity index is 163. The molecule has 1 aliphatic rings. The number of aliphatic hydroxyl groups excluding tert-OH is 1. The first kappa shape index (κ1) is 12.0. The Hall–Kier alpha value is -0.120. The van der Waals surface area contributed by atoms with Crippen LogP contribution in [0.2, 0.25) is 0 Å². The fraction of sp³-hybridized carbons (Fsp3) is 1.00. The molecule has 1 rings (SSSR count). The second kappa shape index (κ2) is 5.69. The zero-order valence-electron chi connectivity index (χ0n) is 9.57. The summed E-state index contributed by atoms with van der Waals surface area (Å²) in [5, 5.41) is 9.83. The van der Waals surface area contributed by atoms with Crippen LogP contribution >= 0.6 is 0 Å². The molecule has 0 bridgehead atoms. The maximum Gasteiger partial charge on any atom is 0.0695 e. The predicted molar refractivity (Wildman–Crippen MR) is 57.4 cm³/mol. The van der Waals surface area contributed by atoms with Gasteiger partial charge in [0.1, 0.15) is 0 Å². The van der Waals surface area contributed by atoms with Crippen molar-refractivity contribution in [3.63, 3.8) is 0 Å². The maximum atomic E-state index is 9.83. The van der Waals surface area contributed by atoms with E-state index in [1.807, 2.05) is 0 Å². The molecular formula is C11H23NO2. The van der Waals surface area contributed by atoms with Crippen LogP contribution in [-0.4, -0.2) is 48.5 Å². The normalized spacial score (nSPS) is 29.8. The highest BCUT2D eigenvalue weighted by Crippen LogP contribution is 2.25. The van der Waals surface area contributed by atoms with Gasteiger partial charge in [-0.2, -0.15) is 0 Å². The third kappa shape index (κ3) is 2.69. The largest absolute Gasteiger partial charge is 0.391 e. The van der Waals surface area contributed by atoms with E-state index in [0.717, 1.165) is 32.4 Å². The van der Waals surface area contributed by atoms with Crippen LogP contribution in [0.4, 0.5) is 0 Å². The van der Waals surface area contributed by atoms with Gasteiger partial charge in [0.25, 0.3) is 0 Å². The molecule has 0 aromatic rings. The first-order valence-corrected chi connectivity index (χ1v) is 5.63. The molecule has 1 aliphatic carbocycles. The summed E-state index contributed by atoms with van der Waals surface area (Å²) in [6.45, 7) is 6.05. The van der Waals surface area contributed by atoms with Gasteiger partial charge in [0, 0.05) is 19.2 Å². The average Bonchev–Trinajstić information content (AvgIpc) is 2.54. The molecule has 0 spiro atoms. The van der Waals surface area contributed by atoms with Gasteiger partial charge in [-0.25, -0.2) is 0 Å². The molecule has 0 amide bonds. The third-order valence-electron chi connectivity index (χ3n) is 3.21. The minimum Gasteiger partial charge on any atom is -0.391 e. The van der Waals surface area contributed by atoms with Crippen molar-refractivity contribution in [1.29, 1.82) is 0 Å². The van der Waals surface area contributed by atoms with E-state index in [2.05, 4.69) is 18.7 Å². The van der Waals surface area contributed by atoms with Gasteiger partial charge < -0.3 is 9.84 Å². The highest BCUT2D eigenvalue weighted by molar-refractivity contribution is 4.87. The zero-order valence-corrected chi connectivity index (χ0v) is 9.57. The standard InChI is InChI=1S/C11H23NO2/c1-4-12(9(2)8-14-3)10-6-5-7-11(10)13/h9-11,13H,4-8H2,1-3H3. The first-order valence-electron chi connectivity index (χ1n) is 5.63. The number of nitrogens with zero attached hydrogens (tertiary/aromatic N) is 1. The number of ether oxygens (including phenoxy) is 1. The molecule has 84 valence electrons. The Kier molecular flexibility index (Phi) is 4.85. The Labute approximate surface area is 87.1 Å². The number of likely N-dealkylation sites (N-methyl/N-ethyl adjacent to an activating group) is 1. The van der Waals surface area contributed by atoms with Crippen molar-refractivity contribution in [3.05, 3.63) is 0 Å². The highest BCUT2D eigenvalue weighted by atomic mass is 16.5. The Morgan fingerprint density at radius 3 is 2.64 bits per heavy atom. The Balaban J connectivity index is 2.51. The lowest BCUT2D eigenvalue weighted by atomic mass is 10.1. The van der Waals surface area contributed by atoms with Gasteiger partial charge >= 0.3 is 0 Å². The number of methoxy groups -OCH3 is 1. The fourth-order valence-corrected chi connectivity index (χ4v) is 2.52. The number of aliphatic hydroxyl groups is 1. The van der Waals surface area contributed by atoms with Crippen LogP contribution in [-0.2, 0) is 4.74 Å². The van der Waals surface area contributed by atoms with Gasteiger partial charge in [-0.3, -0.25) is 4.90 Å². The SMILES string of the molecule is CCN(C(C)COC)C1CCCC1O. The van der Waals surface area contributed by atoms with E-state index in [-0.39, 0.29) is 6.10 Å². The van der Waals surface area contributed by atoms with Crippen LogP contribution in [0.5, 0.6) is 0 Å². The van der Waals surface area contributed by atoms with Crippen LogP contribution in [0.15, 0.2) is 0 Å². The van der Waals surface area contributed by atoms with Crippen molar-refractivity contribution in [3.8, 4) is 0 Å². The average molecular weight is 201 g/mol. The van der Waals surface area contributed by atoms with Crippen molar-refractivity contribution in [2.45, 2.75) is 51.3 Å². The van der Waals surface area contributed by atoms with E-state index in [1.54, 1.807) is 7.11 Å². The van der Waals surface area contributed by atoms with Gasteiger partial charge in [0.05, 0.1) is 12.7 Å². The van der Waals surface area contributed by atoms with E-state index >= 15 is 0 Å². The lowest BCUT2D eigenvalue weighted by Crippen LogP contribution is -2.47. The monoisotopic (exact) mass is 201 g/mol. The summed E-state index contributed by atoms with van der Waals surface area (Å²) >= 11 is 0. The molecule has 3 heteroatoms. The van der Waals surface area contributed by atoms with Crippen LogP contribution in [0.25, 0.3) is 0 Å².